The lowest BCUT2D eigenvalue weighted by atomic mass is 9.96. The summed E-state index contributed by atoms with van der Waals surface area (Å²) in [6, 6.07) is 7.81. The number of nitrogens with zero attached hydrogens (tertiary/aromatic N) is 3. The smallest absolute Gasteiger partial charge is 0.375 e. The van der Waals surface area contributed by atoms with Gasteiger partial charge in [-0.05, 0) is 6.42 Å². The molecule has 3 unspecified atom stereocenters. The highest BCUT2D eigenvalue weighted by Gasteiger charge is 2.56. The van der Waals surface area contributed by atoms with Gasteiger partial charge in [-0.25, -0.2) is 4.21 Å². The van der Waals surface area contributed by atoms with E-state index in [0.717, 1.165) is 12.4 Å². The van der Waals surface area contributed by atoms with E-state index in [9.17, 15) is 27.3 Å². The molecule has 2 heterocycles. The molecule has 29 heavy (non-hydrogen) atoms. The van der Waals surface area contributed by atoms with E-state index in [1.807, 2.05) is 0 Å². The van der Waals surface area contributed by atoms with Gasteiger partial charge in [-0.1, -0.05) is 30.3 Å². The Morgan fingerprint density at radius 3 is 2.41 bits per heavy atom. The molecule has 11 heteroatoms. The van der Waals surface area contributed by atoms with Gasteiger partial charge in [0.1, 0.15) is 0 Å². The van der Waals surface area contributed by atoms with Crippen molar-refractivity contribution in [1.82, 2.24) is 9.97 Å². The molecule has 0 spiro atoms. The number of carbonyl (C=O) groups is 1. The molecule has 1 aromatic heterocycles. The Morgan fingerprint density at radius 1 is 1.17 bits per heavy atom. The predicted molar refractivity (Wildman–Crippen MR) is 99.9 cm³/mol. The molecule has 0 radical (unpaired) electrons. The van der Waals surface area contributed by atoms with Crippen LogP contribution in [-0.2, 0) is 20.1 Å². The maximum absolute atomic E-state index is 13.7. The van der Waals surface area contributed by atoms with Crippen molar-refractivity contribution in [2.24, 2.45) is 10.1 Å². The minimum atomic E-state index is -5.10. The van der Waals surface area contributed by atoms with Gasteiger partial charge in [0.2, 0.25) is 5.60 Å². The van der Waals surface area contributed by atoms with Gasteiger partial charge in [-0.2, -0.15) is 17.5 Å². The molecule has 1 aliphatic rings. The quantitative estimate of drug-likeness (QED) is 0.752. The first-order valence-electron chi connectivity index (χ1n) is 8.73. The Bertz CT molecular complexity index is 1010. The predicted octanol–water partition coefficient (Wildman–Crippen LogP) is 2.01. The number of aliphatic hydroxyl groups is 1. The lowest BCUT2D eigenvalue weighted by Gasteiger charge is -2.30. The van der Waals surface area contributed by atoms with E-state index in [0.29, 0.717) is 11.3 Å². The second-order valence-corrected chi connectivity index (χ2v) is 9.31. The summed E-state index contributed by atoms with van der Waals surface area (Å²) in [7, 11) is -3.24. The standard InChI is InChI=1S/C18H19F3N4O3S/c19-18(20,21)17(27,7-9-29(28)8-6-13(22)16(26)25-29)15-11-23-14(10-24-15)12-4-2-1-3-5-12/h1-5,10-11,13,27H,6-9,22H2. The van der Waals surface area contributed by atoms with E-state index >= 15 is 0 Å². The van der Waals surface area contributed by atoms with Crippen LogP contribution in [0.4, 0.5) is 13.2 Å². The third-order valence-corrected chi connectivity index (χ3v) is 6.95. The fourth-order valence-electron chi connectivity index (χ4n) is 2.88. The molecule has 0 bridgehead atoms. The largest absolute Gasteiger partial charge is 0.423 e. The van der Waals surface area contributed by atoms with Gasteiger partial charge in [-0.3, -0.25) is 14.8 Å². The zero-order chi connectivity index (χ0) is 21.3. The second kappa shape index (κ2) is 7.81. The molecule has 1 aromatic carbocycles. The molecular formula is C18H19F3N4O3S. The molecule has 0 aliphatic carbocycles. The average molecular weight is 428 g/mol. The number of aromatic nitrogens is 2. The van der Waals surface area contributed by atoms with Crippen molar-refractivity contribution < 1.29 is 27.3 Å². The molecule has 0 saturated heterocycles. The van der Waals surface area contributed by atoms with E-state index in [2.05, 4.69) is 14.3 Å². The molecular weight excluding hydrogens is 409 g/mol. The summed E-state index contributed by atoms with van der Waals surface area (Å²) in [6.07, 6.45) is -4.02. The summed E-state index contributed by atoms with van der Waals surface area (Å²) in [5.74, 6) is -1.53. The fraction of sp³-hybridized carbons (Fsp3) is 0.389. The number of nitrogens with two attached hydrogens (primary N) is 1. The van der Waals surface area contributed by atoms with Crippen LogP contribution >= 0.6 is 0 Å². The molecule has 3 N–H and O–H groups in total. The maximum atomic E-state index is 13.7. The molecule has 1 aliphatic heterocycles. The van der Waals surface area contributed by atoms with Crippen LogP contribution in [0.5, 0.6) is 0 Å². The average Bonchev–Trinajstić information content (AvgIpc) is 2.69. The third kappa shape index (κ3) is 4.46. The van der Waals surface area contributed by atoms with E-state index in [4.69, 9.17) is 5.73 Å². The van der Waals surface area contributed by atoms with Crippen molar-refractivity contribution in [2.75, 3.05) is 11.5 Å². The minimum absolute atomic E-state index is 0.0667. The summed E-state index contributed by atoms with van der Waals surface area (Å²) >= 11 is 0. The number of benzene rings is 1. The van der Waals surface area contributed by atoms with Crippen molar-refractivity contribution in [1.29, 1.82) is 0 Å². The van der Waals surface area contributed by atoms with Gasteiger partial charge >= 0.3 is 6.18 Å². The van der Waals surface area contributed by atoms with Gasteiger partial charge in [-0.15, -0.1) is 0 Å². The monoisotopic (exact) mass is 428 g/mol. The van der Waals surface area contributed by atoms with E-state index in [-0.39, 0.29) is 12.2 Å². The Balaban J connectivity index is 1.89. The molecule has 156 valence electrons. The van der Waals surface area contributed by atoms with Crippen LogP contribution in [0.25, 0.3) is 11.3 Å². The van der Waals surface area contributed by atoms with Crippen LogP contribution in [0.15, 0.2) is 47.1 Å². The minimum Gasteiger partial charge on any atom is -0.375 e. The Hall–Kier alpha value is -2.37. The highest BCUT2D eigenvalue weighted by Crippen LogP contribution is 2.41. The lowest BCUT2D eigenvalue weighted by Crippen LogP contribution is -2.45. The number of rotatable bonds is 5. The molecule has 2 aromatic rings. The zero-order valence-corrected chi connectivity index (χ0v) is 16.0. The second-order valence-electron chi connectivity index (χ2n) is 6.77. The Kier molecular flexibility index (Phi) is 5.74. The number of halogens is 3. The summed E-state index contributed by atoms with van der Waals surface area (Å²) in [5, 5.41) is 10.4. The summed E-state index contributed by atoms with van der Waals surface area (Å²) < 4.78 is 57.2. The molecule has 0 saturated carbocycles. The van der Waals surface area contributed by atoms with Gasteiger partial charge in [0.15, 0.2) is 0 Å². The highest BCUT2D eigenvalue weighted by atomic mass is 32.2. The first-order valence-corrected chi connectivity index (χ1v) is 10.6. The first kappa shape index (κ1) is 21.3. The number of amides is 1. The van der Waals surface area contributed by atoms with Crippen molar-refractivity contribution in [3.05, 3.63) is 48.4 Å². The van der Waals surface area contributed by atoms with Gasteiger partial charge < -0.3 is 10.8 Å². The first-order chi connectivity index (χ1) is 13.5. The fourth-order valence-corrected chi connectivity index (χ4v) is 4.97. The molecule has 3 rings (SSSR count). The molecule has 1 amide bonds. The summed E-state index contributed by atoms with van der Waals surface area (Å²) in [6.45, 7) is 0. The lowest BCUT2D eigenvalue weighted by molar-refractivity contribution is -0.269. The van der Waals surface area contributed by atoms with Crippen LogP contribution < -0.4 is 5.73 Å². The number of hydrogen-bond donors (Lipinski definition) is 2. The topological polar surface area (TPSA) is 119 Å². The summed E-state index contributed by atoms with van der Waals surface area (Å²) in [4.78, 5) is 19.3. The number of alkyl halides is 3. The molecule has 0 fully saturated rings. The van der Waals surface area contributed by atoms with Crippen LogP contribution in [-0.4, -0.2) is 48.9 Å². The van der Waals surface area contributed by atoms with Crippen molar-refractivity contribution >= 4 is 15.6 Å². The zero-order valence-electron chi connectivity index (χ0n) is 15.2. The number of carbonyl (C=O) groups excluding carboxylic acids is 1. The Morgan fingerprint density at radius 2 is 1.86 bits per heavy atom. The molecule has 3 atom stereocenters. The van der Waals surface area contributed by atoms with Gasteiger partial charge in [0.05, 0.1) is 39.6 Å². The van der Waals surface area contributed by atoms with Gasteiger partial charge in [0, 0.05) is 23.5 Å². The van der Waals surface area contributed by atoms with Crippen molar-refractivity contribution in [3.8, 4) is 11.3 Å². The Labute approximate surface area is 165 Å². The van der Waals surface area contributed by atoms with Gasteiger partial charge in [0.25, 0.3) is 5.91 Å². The van der Waals surface area contributed by atoms with E-state index in [1.54, 1.807) is 30.3 Å². The maximum Gasteiger partial charge on any atom is 0.423 e. The van der Waals surface area contributed by atoms with Crippen LogP contribution in [0.1, 0.15) is 18.5 Å². The normalized spacial score (nSPS) is 24.6. The van der Waals surface area contributed by atoms with E-state index in [1.165, 1.54) is 0 Å². The van der Waals surface area contributed by atoms with Crippen LogP contribution in [0.2, 0.25) is 0 Å². The summed E-state index contributed by atoms with van der Waals surface area (Å²) in [5.41, 5.74) is 2.39. The number of hydrogen-bond acceptors (Lipinski definition) is 6. The van der Waals surface area contributed by atoms with Crippen LogP contribution in [0.3, 0.4) is 0 Å². The third-order valence-electron chi connectivity index (χ3n) is 4.72. The molecule has 7 nitrogen and oxygen atoms in total. The highest BCUT2D eigenvalue weighted by molar-refractivity contribution is 7.93. The van der Waals surface area contributed by atoms with Crippen LogP contribution in [0, 0.1) is 0 Å². The SMILES string of the molecule is NC1CCS(=O)(CCC(O)(c2cnc(-c3ccccc3)cn2)C(F)(F)F)=NC1=O. The van der Waals surface area contributed by atoms with E-state index < -0.39 is 51.3 Å². The van der Waals surface area contributed by atoms with Crippen molar-refractivity contribution in [3.63, 3.8) is 0 Å². The van der Waals surface area contributed by atoms with Crippen molar-refractivity contribution in [2.45, 2.75) is 30.7 Å².